The summed E-state index contributed by atoms with van der Waals surface area (Å²) in [5, 5.41) is 12.8. The normalized spacial score (nSPS) is 20.1. The molecule has 0 radical (unpaired) electrons. The zero-order chi connectivity index (χ0) is 22.3. The van der Waals surface area contributed by atoms with Crippen LogP contribution in [-0.2, 0) is 22.7 Å². The highest BCUT2D eigenvalue weighted by Crippen LogP contribution is 2.30. The molecule has 2 aliphatic heterocycles. The summed E-state index contributed by atoms with van der Waals surface area (Å²) in [6, 6.07) is 6.08. The van der Waals surface area contributed by atoms with E-state index >= 15 is 0 Å². The Bertz CT molecular complexity index is 1110. The van der Waals surface area contributed by atoms with Crippen molar-refractivity contribution in [2.24, 2.45) is 0 Å². The Morgan fingerprint density at radius 3 is 2.58 bits per heavy atom. The Morgan fingerprint density at radius 2 is 1.90 bits per heavy atom. The van der Waals surface area contributed by atoms with Crippen molar-refractivity contribution < 1.29 is 23.9 Å². The molecule has 162 valence electrons. The summed E-state index contributed by atoms with van der Waals surface area (Å²) in [6.45, 7) is 1.81. The minimum atomic E-state index is -0.790. The second-order valence-corrected chi connectivity index (χ2v) is 7.58. The highest BCUT2D eigenvalue weighted by Gasteiger charge is 2.46. The molecular formula is C21H21FN4O5. The highest BCUT2D eigenvalue weighted by atomic mass is 19.1. The predicted octanol–water partition coefficient (Wildman–Crippen LogP) is 0.412. The van der Waals surface area contributed by atoms with Gasteiger partial charge < -0.3 is 24.8 Å². The molecule has 0 saturated carbocycles. The molecule has 2 aromatic rings. The van der Waals surface area contributed by atoms with Crippen LogP contribution in [0.1, 0.15) is 29.4 Å². The number of rotatable bonds is 3. The molecule has 0 bridgehead atoms. The number of carbonyl (C=O) groups excluding carboxylic acids is 3. The van der Waals surface area contributed by atoms with E-state index in [2.05, 4.69) is 5.32 Å². The van der Waals surface area contributed by atoms with Crippen LogP contribution in [0, 0.1) is 5.82 Å². The molecule has 0 spiro atoms. The molecule has 2 unspecified atom stereocenters. The lowest BCUT2D eigenvalue weighted by Gasteiger charge is -2.49. The summed E-state index contributed by atoms with van der Waals surface area (Å²) in [5.74, 6) is -2.32. The van der Waals surface area contributed by atoms with Gasteiger partial charge in [-0.3, -0.25) is 19.2 Å². The van der Waals surface area contributed by atoms with Crippen LogP contribution in [0.25, 0.3) is 0 Å². The first-order valence-electron chi connectivity index (χ1n) is 9.82. The van der Waals surface area contributed by atoms with E-state index in [9.17, 15) is 28.7 Å². The summed E-state index contributed by atoms with van der Waals surface area (Å²) in [6.07, 6.45) is 0.868. The molecule has 1 fully saturated rings. The summed E-state index contributed by atoms with van der Waals surface area (Å²) in [7, 11) is 0. The summed E-state index contributed by atoms with van der Waals surface area (Å²) < 4.78 is 14.5. The third-order valence-corrected chi connectivity index (χ3v) is 5.68. The van der Waals surface area contributed by atoms with E-state index in [1.165, 1.54) is 39.6 Å². The third-order valence-electron chi connectivity index (χ3n) is 5.68. The second kappa shape index (κ2) is 7.86. The van der Waals surface area contributed by atoms with Crippen LogP contribution >= 0.6 is 0 Å². The van der Waals surface area contributed by atoms with Crippen LogP contribution in [0.15, 0.2) is 41.3 Å². The zero-order valence-corrected chi connectivity index (χ0v) is 16.7. The molecule has 9 nitrogen and oxygen atoms in total. The lowest BCUT2D eigenvalue weighted by atomic mass is 10.0. The lowest BCUT2D eigenvalue weighted by molar-refractivity contribution is -0.151. The van der Waals surface area contributed by atoms with Crippen LogP contribution in [0.2, 0.25) is 0 Å². The fourth-order valence-electron chi connectivity index (χ4n) is 4.18. The fourth-order valence-corrected chi connectivity index (χ4v) is 4.18. The number of hydrogen-bond donors (Lipinski definition) is 2. The number of aromatic hydroxyl groups is 1. The summed E-state index contributed by atoms with van der Waals surface area (Å²) >= 11 is 0. The van der Waals surface area contributed by atoms with Crippen LogP contribution < -0.4 is 10.7 Å². The number of hydrogen-bond acceptors (Lipinski definition) is 5. The maximum absolute atomic E-state index is 13.1. The van der Waals surface area contributed by atoms with Crippen molar-refractivity contribution in [3.63, 3.8) is 0 Å². The Balaban J connectivity index is 1.57. The Morgan fingerprint density at radius 1 is 1.19 bits per heavy atom. The molecule has 3 heterocycles. The molecule has 0 aliphatic carbocycles. The van der Waals surface area contributed by atoms with Gasteiger partial charge in [-0.15, -0.1) is 0 Å². The van der Waals surface area contributed by atoms with Gasteiger partial charge in [0, 0.05) is 32.3 Å². The van der Waals surface area contributed by atoms with Crippen molar-refractivity contribution in [1.82, 2.24) is 19.7 Å². The van der Waals surface area contributed by atoms with Crippen molar-refractivity contribution in [3.05, 3.63) is 63.8 Å². The van der Waals surface area contributed by atoms with Gasteiger partial charge in [0.05, 0.1) is 6.54 Å². The minimum absolute atomic E-state index is 0.119. The molecule has 3 amide bonds. The SMILES string of the molecule is CC(=O)N1C(C(=O)NCc2ccc(F)cc2)CCN2C(=O)c3c(O)c(=O)ccn3CC21. The first-order valence-corrected chi connectivity index (χ1v) is 9.82. The van der Waals surface area contributed by atoms with E-state index < -0.39 is 29.3 Å². The van der Waals surface area contributed by atoms with E-state index in [1.807, 2.05) is 0 Å². The third kappa shape index (κ3) is 3.65. The molecule has 4 rings (SSSR count). The number of amides is 3. The number of nitrogens with zero attached hydrogens (tertiary/aromatic N) is 3. The first-order chi connectivity index (χ1) is 14.8. The number of aromatic nitrogens is 1. The average Bonchev–Trinajstić information content (AvgIpc) is 2.74. The number of carbonyl (C=O) groups is 3. The molecule has 2 N–H and O–H groups in total. The smallest absolute Gasteiger partial charge is 0.276 e. The first kappa shape index (κ1) is 20.6. The van der Waals surface area contributed by atoms with Crippen molar-refractivity contribution >= 4 is 17.7 Å². The highest BCUT2D eigenvalue weighted by molar-refractivity contribution is 5.97. The second-order valence-electron chi connectivity index (χ2n) is 7.58. The van der Waals surface area contributed by atoms with Crippen LogP contribution in [0.4, 0.5) is 4.39 Å². The quantitative estimate of drug-likeness (QED) is 0.736. The molecule has 10 heteroatoms. The van der Waals surface area contributed by atoms with Gasteiger partial charge >= 0.3 is 0 Å². The summed E-state index contributed by atoms with van der Waals surface area (Å²) in [4.78, 5) is 52.8. The zero-order valence-electron chi connectivity index (χ0n) is 16.7. The fraction of sp³-hybridized carbons (Fsp3) is 0.333. The van der Waals surface area contributed by atoms with E-state index in [1.54, 1.807) is 12.1 Å². The van der Waals surface area contributed by atoms with Crippen LogP contribution in [0.3, 0.4) is 0 Å². The Hall–Kier alpha value is -3.69. The van der Waals surface area contributed by atoms with Crippen molar-refractivity contribution in [1.29, 1.82) is 0 Å². The van der Waals surface area contributed by atoms with E-state index in [0.717, 1.165) is 6.07 Å². The molecular weight excluding hydrogens is 407 g/mol. The van der Waals surface area contributed by atoms with Gasteiger partial charge in [-0.05, 0) is 24.1 Å². The van der Waals surface area contributed by atoms with Gasteiger partial charge in [-0.2, -0.15) is 0 Å². The molecule has 2 aliphatic rings. The predicted molar refractivity (Wildman–Crippen MR) is 106 cm³/mol. The van der Waals surface area contributed by atoms with Gasteiger partial charge in [0.15, 0.2) is 11.4 Å². The Labute approximate surface area is 176 Å². The molecule has 1 aromatic heterocycles. The average molecular weight is 428 g/mol. The van der Waals surface area contributed by atoms with Gasteiger partial charge in [-0.1, -0.05) is 12.1 Å². The van der Waals surface area contributed by atoms with E-state index in [4.69, 9.17) is 0 Å². The molecule has 31 heavy (non-hydrogen) atoms. The number of fused-ring (bicyclic) bond motifs is 2. The number of nitrogens with one attached hydrogen (secondary N) is 1. The monoisotopic (exact) mass is 428 g/mol. The van der Waals surface area contributed by atoms with Gasteiger partial charge in [0.1, 0.15) is 18.0 Å². The number of halogens is 1. The van der Waals surface area contributed by atoms with Gasteiger partial charge in [0.25, 0.3) is 5.91 Å². The minimum Gasteiger partial charge on any atom is -0.503 e. The lowest BCUT2D eigenvalue weighted by Crippen LogP contribution is -2.67. The number of pyridine rings is 1. The summed E-state index contributed by atoms with van der Waals surface area (Å²) in [5.41, 5.74) is -0.0641. The molecule has 1 aromatic carbocycles. The topological polar surface area (TPSA) is 112 Å². The molecule has 1 saturated heterocycles. The van der Waals surface area contributed by atoms with Crippen molar-refractivity contribution in [2.75, 3.05) is 6.54 Å². The largest absolute Gasteiger partial charge is 0.503 e. The maximum atomic E-state index is 13.1. The molecule has 2 atom stereocenters. The maximum Gasteiger partial charge on any atom is 0.276 e. The van der Waals surface area contributed by atoms with Crippen LogP contribution in [-0.4, -0.2) is 55.9 Å². The number of benzene rings is 1. The van der Waals surface area contributed by atoms with Gasteiger partial charge in [0.2, 0.25) is 17.2 Å². The Kier molecular flexibility index (Phi) is 5.22. The van der Waals surface area contributed by atoms with E-state index in [0.29, 0.717) is 5.56 Å². The van der Waals surface area contributed by atoms with Crippen molar-refractivity contribution in [3.8, 4) is 5.75 Å². The van der Waals surface area contributed by atoms with E-state index in [-0.39, 0.29) is 49.4 Å². The van der Waals surface area contributed by atoms with Crippen molar-refractivity contribution in [2.45, 2.75) is 38.6 Å². The van der Waals surface area contributed by atoms with Crippen LogP contribution in [0.5, 0.6) is 5.75 Å². The standard InChI is InChI=1S/C21H21FN4O5/c1-12(27)26-15(20(30)23-10-13-2-4-14(22)5-3-13)6-9-25-17(26)11-24-8-7-16(28)19(29)18(24)21(25)31/h2-5,7-8,15,17,29H,6,9-11H2,1H3,(H,23,30). The van der Waals surface area contributed by atoms with Gasteiger partial charge in [-0.25, -0.2) is 4.39 Å².